The molecule has 0 atom stereocenters. The molecular weight excluding hydrogens is 328 g/mol. The Kier molecular flexibility index (Phi) is 4.08. The summed E-state index contributed by atoms with van der Waals surface area (Å²) in [7, 11) is 0. The molecule has 3 heterocycles. The largest absolute Gasteiger partial charge is 0.325 e. The van der Waals surface area contributed by atoms with Crippen molar-refractivity contribution in [3.63, 3.8) is 0 Å². The van der Waals surface area contributed by atoms with Crippen molar-refractivity contribution in [2.45, 2.75) is 26.2 Å². The standard InChI is InChI=1S/C20H18N4O2/c1-2-12-10-21-7-5-14(12)20(26)23-17-9-13-3-4-18(25)24-19(13)15-6-8-22-11-16(15)17/h5-11H,2-4H2,1H3,(H,23,26)(H,24,25). The van der Waals surface area contributed by atoms with Crippen LogP contribution in [-0.4, -0.2) is 21.8 Å². The number of aryl methyl sites for hydroxylation is 2. The molecule has 0 saturated carbocycles. The number of fused-ring (bicyclic) bond motifs is 3. The maximum Gasteiger partial charge on any atom is 0.256 e. The van der Waals surface area contributed by atoms with Gasteiger partial charge < -0.3 is 10.6 Å². The number of hydrogen-bond acceptors (Lipinski definition) is 4. The normalized spacial score (nSPS) is 13.2. The quantitative estimate of drug-likeness (QED) is 0.762. The highest BCUT2D eigenvalue weighted by Gasteiger charge is 2.20. The van der Waals surface area contributed by atoms with Crippen molar-refractivity contribution < 1.29 is 9.59 Å². The summed E-state index contributed by atoms with van der Waals surface area (Å²) >= 11 is 0. The number of nitrogens with zero attached hydrogens (tertiary/aromatic N) is 2. The number of nitrogens with one attached hydrogen (secondary N) is 2. The third kappa shape index (κ3) is 2.79. The molecule has 1 aliphatic rings. The molecule has 6 nitrogen and oxygen atoms in total. The average molecular weight is 346 g/mol. The van der Waals surface area contributed by atoms with Gasteiger partial charge in [0, 0.05) is 47.5 Å². The summed E-state index contributed by atoms with van der Waals surface area (Å²) in [6.45, 7) is 1.99. The Morgan fingerprint density at radius 1 is 1.15 bits per heavy atom. The minimum absolute atomic E-state index is 0.0109. The third-order valence-electron chi connectivity index (χ3n) is 4.68. The van der Waals surface area contributed by atoms with E-state index in [1.54, 1.807) is 30.9 Å². The smallest absolute Gasteiger partial charge is 0.256 e. The van der Waals surface area contributed by atoms with Crippen molar-refractivity contribution in [2.75, 3.05) is 10.6 Å². The van der Waals surface area contributed by atoms with Gasteiger partial charge in [0.15, 0.2) is 0 Å². The SMILES string of the molecule is CCc1cnccc1C(=O)Nc1cc2c(c3ccncc13)NC(=O)CC2. The van der Waals surface area contributed by atoms with E-state index in [4.69, 9.17) is 0 Å². The third-order valence-corrected chi connectivity index (χ3v) is 4.68. The van der Waals surface area contributed by atoms with Gasteiger partial charge in [-0.25, -0.2) is 0 Å². The van der Waals surface area contributed by atoms with Crippen molar-refractivity contribution in [3.05, 3.63) is 59.7 Å². The fourth-order valence-corrected chi connectivity index (χ4v) is 3.34. The zero-order chi connectivity index (χ0) is 18.1. The first-order chi connectivity index (χ1) is 12.7. The van der Waals surface area contributed by atoms with Crippen LogP contribution in [0, 0.1) is 0 Å². The van der Waals surface area contributed by atoms with E-state index < -0.39 is 0 Å². The molecule has 1 aromatic carbocycles. The fraction of sp³-hybridized carbons (Fsp3) is 0.200. The van der Waals surface area contributed by atoms with Crippen molar-refractivity contribution in [1.29, 1.82) is 0 Å². The van der Waals surface area contributed by atoms with Gasteiger partial charge in [0.05, 0.1) is 11.4 Å². The van der Waals surface area contributed by atoms with Crippen molar-refractivity contribution in [3.8, 4) is 0 Å². The highest BCUT2D eigenvalue weighted by Crippen LogP contribution is 2.36. The van der Waals surface area contributed by atoms with E-state index >= 15 is 0 Å². The minimum atomic E-state index is -0.172. The lowest BCUT2D eigenvalue weighted by Crippen LogP contribution is -2.20. The maximum atomic E-state index is 12.8. The molecule has 6 heteroatoms. The van der Waals surface area contributed by atoms with Gasteiger partial charge in [0.2, 0.25) is 5.91 Å². The van der Waals surface area contributed by atoms with Crippen LogP contribution < -0.4 is 10.6 Å². The first-order valence-corrected chi connectivity index (χ1v) is 8.61. The number of benzene rings is 1. The Bertz CT molecular complexity index is 1030. The van der Waals surface area contributed by atoms with Crippen molar-refractivity contribution in [1.82, 2.24) is 9.97 Å². The van der Waals surface area contributed by atoms with E-state index in [1.165, 1.54) is 0 Å². The van der Waals surface area contributed by atoms with Crippen LogP contribution >= 0.6 is 0 Å². The molecule has 0 fully saturated rings. The Hall–Kier alpha value is -3.28. The summed E-state index contributed by atoms with van der Waals surface area (Å²) in [5, 5.41) is 7.64. The molecule has 0 saturated heterocycles. The molecule has 130 valence electrons. The van der Waals surface area contributed by atoms with E-state index in [-0.39, 0.29) is 11.8 Å². The Morgan fingerprint density at radius 3 is 2.81 bits per heavy atom. The van der Waals surface area contributed by atoms with Gasteiger partial charge in [0.25, 0.3) is 5.91 Å². The number of pyridine rings is 2. The summed E-state index contributed by atoms with van der Waals surface area (Å²) in [4.78, 5) is 32.9. The first-order valence-electron chi connectivity index (χ1n) is 8.61. The molecule has 2 amide bonds. The average Bonchev–Trinajstić information content (AvgIpc) is 2.68. The van der Waals surface area contributed by atoms with Gasteiger partial charge >= 0.3 is 0 Å². The van der Waals surface area contributed by atoms with Crippen molar-refractivity contribution in [2.24, 2.45) is 0 Å². The summed E-state index contributed by atoms with van der Waals surface area (Å²) in [5.74, 6) is -0.161. The molecule has 0 spiro atoms. The van der Waals surface area contributed by atoms with Crippen LogP contribution in [-0.2, 0) is 17.6 Å². The van der Waals surface area contributed by atoms with Gasteiger partial charge in [-0.2, -0.15) is 0 Å². The van der Waals surface area contributed by atoms with Gasteiger partial charge in [-0.1, -0.05) is 6.92 Å². The molecule has 4 rings (SSSR count). The summed E-state index contributed by atoms with van der Waals surface area (Å²) < 4.78 is 0. The summed E-state index contributed by atoms with van der Waals surface area (Å²) in [6.07, 6.45) is 8.56. The van der Waals surface area contributed by atoms with Crippen LogP contribution in [0.15, 0.2) is 43.0 Å². The molecule has 2 N–H and O–H groups in total. The molecule has 2 aromatic heterocycles. The maximum absolute atomic E-state index is 12.8. The molecule has 0 aliphatic carbocycles. The molecular formula is C20H18N4O2. The Labute approximate surface area is 150 Å². The Morgan fingerprint density at radius 2 is 1.96 bits per heavy atom. The number of amides is 2. The van der Waals surface area contributed by atoms with E-state index in [2.05, 4.69) is 20.6 Å². The van der Waals surface area contributed by atoms with Crippen LogP contribution in [0.3, 0.4) is 0 Å². The van der Waals surface area contributed by atoms with Gasteiger partial charge in [-0.05, 0) is 42.2 Å². The number of hydrogen-bond donors (Lipinski definition) is 2. The summed E-state index contributed by atoms with van der Waals surface area (Å²) in [6, 6.07) is 5.52. The number of rotatable bonds is 3. The Balaban J connectivity index is 1.79. The molecule has 0 bridgehead atoms. The fourth-order valence-electron chi connectivity index (χ4n) is 3.34. The second kappa shape index (κ2) is 6.55. The zero-order valence-corrected chi connectivity index (χ0v) is 14.4. The predicted molar refractivity (Wildman–Crippen MR) is 100 cm³/mol. The highest BCUT2D eigenvalue weighted by atomic mass is 16.2. The molecule has 3 aromatic rings. The lowest BCUT2D eigenvalue weighted by molar-refractivity contribution is -0.116. The van der Waals surface area contributed by atoms with E-state index in [1.807, 2.05) is 19.1 Å². The molecule has 1 aliphatic heterocycles. The first kappa shape index (κ1) is 16.2. The van der Waals surface area contributed by atoms with E-state index in [9.17, 15) is 9.59 Å². The zero-order valence-electron chi connectivity index (χ0n) is 14.4. The molecule has 0 unspecified atom stereocenters. The number of aromatic nitrogens is 2. The number of carbonyl (C=O) groups is 2. The number of carbonyl (C=O) groups excluding carboxylic acids is 2. The minimum Gasteiger partial charge on any atom is -0.325 e. The highest BCUT2D eigenvalue weighted by molar-refractivity contribution is 6.14. The predicted octanol–water partition coefficient (Wildman–Crippen LogP) is 3.33. The molecule has 0 radical (unpaired) electrons. The lowest BCUT2D eigenvalue weighted by atomic mass is 9.97. The van der Waals surface area contributed by atoms with E-state index in [0.717, 1.165) is 34.0 Å². The van der Waals surface area contributed by atoms with Gasteiger partial charge in [0.1, 0.15) is 0 Å². The second-order valence-corrected chi connectivity index (χ2v) is 6.27. The van der Waals surface area contributed by atoms with Gasteiger partial charge in [-0.15, -0.1) is 0 Å². The summed E-state index contributed by atoms with van der Waals surface area (Å²) in [5.41, 5.74) is 4.05. The van der Waals surface area contributed by atoms with Crippen LogP contribution in [0.1, 0.15) is 34.8 Å². The van der Waals surface area contributed by atoms with Crippen LogP contribution in [0.2, 0.25) is 0 Å². The monoisotopic (exact) mass is 346 g/mol. The van der Waals surface area contributed by atoms with Gasteiger partial charge in [-0.3, -0.25) is 19.6 Å². The topological polar surface area (TPSA) is 84.0 Å². The van der Waals surface area contributed by atoms with E-state index in [0.29, 0.717) is 24.1 Å². The van der Waals surface area contributed by atoms with Crippen molar-refractivity contribution >= 4 is 34.0 Å². The number of anilines is 2. The second-order valence-electron chi connectivity index (χ2n) is 6.27. The van der Waals surface area contributed by atoms with Crippen LogP contribution in [0.25, 0.3) is 10.8 Å². The van der Waals surface area contributed by atoms with Crippen LogP contribution in [0.5, 0.6) is 0 Å². The van der Waals surface area contributed by atoms with Crippen LogP contribution in [0.4, 0.5) is 11.4 Å². The molecule has 26 heavy (non-hydrogen) atoms. The lowest BCUT2D eigenvalue weighted by Gasteiger charge is -2.21.